The van der Waals surface area contributed by atoms with E-state index in [0.29, 0.717) is 10.8 Å². The molecule has 0 amide bonds. The molecule has 0 atom stereocenters. The summed E-state index contributed by atoms with van der Waals surface area (Å²) >= 11 is 5.72. The molecule has 1 aromatic carbocycles. The number of aryl methyl sites for hydroxylation is 1. The van der Waals surface area contributed by atoms with E-state index in [4.69, 9.17) is 16.5 Å². The van der Waals surface area contributed by atoms with E-state index in [0.717, 1.165) is 5.56 Å². The molecule has 11 heavy (non-hydrogen) atoms. The predicted molar refractivity (Wildman–Crippen MR) is 43.8 cm³/mol. The first-order valence-corrected chi connectivity index (χ1v) is 3.58. The van der Waals surface area contributed by atoms with Crippen LogP contribution in [0.15, 0.2) is 18.2 Å². The van der Waals surface area contributed by atoms with Crippen molar-refractivity contribution in [3.8, 4) is 5.75 Å². The summed E-state index contributed by atoms with van der Waals surface area (Å²) in [5, 5.41) is 0.641. The van der Waals surface area contributed by atoms with Gasteiger partial charge in [0.15, 0.2) is 5.75 Å². The molecule has 0 saturated carbocycles. The maximum absolute atomic E-state index is 5.72. The third kappa shape index (κ3) is 2.10. The van der Waals surface area contributed by atoms with Crippen LogP contribution in [0.1, 0.15) is 5.56 Å². The third-order valence-corrected chi connectivity index (χ3v) is 1.56. The topological polar surface area (TPSA) is 18.5 Å². The first kappa shape index (κ1) is 8.37. The minimum atomic E-state index is 0.641. The summed E-state index contributed by atoms with van der Waals surface area (Å²) in [6, 6.07) is 5.39. The molecule has 0 heterocycles. The molecule has 0 aliphatic heterocycles. The first-order chi connectivity index (χ1) is 5.24. The van der Waals surface area contributed by atoms with Gasteiger partial charge in [-0.2, -0.15) is 4.89 Å². The Hall–Kier alpha value is -0.730. The number of benzene rings is 1. The van der Waals surface area contributed by atoms with Crippen LogP contribution in [0.2, 0.25) is 5.02 Å². The van der Waals surface area contributed by atoms with Crippen LogP contribution in [0, 0.1) is 6.92 Å². The lowest BCUT2D eigenvalue weighted by atomic mass is 10.2. The lowest BCUT2D eigenvalue weighted by Crippen LogP contribution is -1.92. The van der Waals surface area contributed by atoms with Crippen LogP contribution in [-0.4, -0.2) is 7.11 Å². The molecule has 3 heteroatoms. The smallest absolute Gasteiger partial charge is 0.169 e. The molecule has 0 aromatic heterocycles. The molecule has 0 aliphatic carbocycles. The Morgan fingerprint density at radius 2 is 2.09 bits per heavy atom. The van der Waals surface area contributed by atoms with Crippen LogP contribution in [0.4, 0.5) is 0 Å². The van der Waals surface area contributed by atoms with E-state index in [1.54, 1.807) is 12.1 Å². The molecule has 0 saturated heterocycles. The van der Waals surface area contributed by atoms with Gasteiger partial charge in [-0.3, -0.25) is 0 Å². The molecule has 0 bridgehead atoms. The second-order valence-corrected chi connectivity index (χ2v) is 2.60. The van der Waals surface area contributed by atoms with Gasteiger partial charge in [0, 0.05) is 11.1 Å². The monoisotopic (exact) mass is 172 g/mol. The molecular weight excluding hydrogens is 164 g/mol. The fraction of sp³-hybridized carbons (Fsp3) is 0.250. The van der Waals surface area contributed by atoms with Gasteiger partial charge in [-0.25, -0.2) is 0 Å². The van der Waals surface area contributed by atoms with Crippen molar-refractivity contribution >= 4 is 11.6 Å². The summed E-state index contributed by atoms with van der Waals surface area (Å²) in [5.41, 5.74) is 0.997. The van der Waals surface area contributed by atoms with Gasteiger partial charge in [-0.05, 0) is 18.6 Å². The summed E-state index contributed by atoms with van der Waals surface area (Å²) in [7, 11) is 1.46. The van der Waals surface area contributed by atoms with Gasteiger partial charge in [0.25, 0.3) is 0 Å². The van der Waals surface area contributed by atoms with Crippen molar-refractivity contribution in [1.29, 1.82) is 0 Å². The molecule has 0 fully saturated rings. The maximum Gasteiger partial charge on any atom is 0.169 e. The van der Waals surface area contributed by atoms with E-state index in [1.807, 2.05) is 13.0 Å². The molecule has 60 valence electrons. The fourth-order valence-corrected chi connectivity index (χ4v) is 0.916. The predicted octanol–water partition coefficient (Wildman–Crippen LogP) is 2.59. The van der Waals surface area contributed by atoms with Crippen LogP contribution in [0.25, 0.3) is 0 Å². The number of hydrogen-bond donors (Lipinski definition) is 0. The highest BCUT2D eigenvalue weighted by Crippen LogP contribution is 2.22. The molecule has 0 unspecified atom stereocenters. The van der Waals surface area contributed by atoms with Gasteiger partial charge in [0.2, 0.25) is 0 Å². The number of rotatable bonds is 2. The normalized spacial score (nSPS) is 9.73. The van der Waals surface area contributed by atoms with Crippen LogP contribution in [0.3, 0.4) is 0 Å². The van der Waals surface area contributed by atoms with Crippen LogP contribution in [0.5, 0.6) is 5.75 Å². The summed E-state index contributed by atoms with van der Waals surface area (Å²) in [6.45, 7) is 1.92. The molecule has 1 aromatic rings. The highest BCUT2D eigenvalue weighted by molar-refractivity contribution is 6.30. The van der Waals surface area contributed by atoms with E-state index >= 15 is 0 Å². The quantitative estimate of drug-likeness (QED) is 0.504. The van der Waals surface area contributed by atoms with Crippen molar-refractivity contribution in [2.75, 3.05) is 7.11 Å². The van der Waals surface area contributed by atoms with E-state index in [9.17, 15) is 0 Å². The molecule has 0 spiro atoms. The minimum absolute atomic E-state index is 0.641. The summed E-state index contributed by atoms with van der Waals surface area (Å²) < 4.78 is 0. The molecule has 0 aliphatic rings. The summed E-state index contributed by atoms with van der Waals surface area (Å²) in [6.07, 6.45) is 0. The second kappa shape index (κ2) is 3.60. The molecule has 0 radical (unpaired) electrons. The highest BCUT2D eigenvalue weighted by atomic mass is 35.5. The van der Waals surface area contributed by atoms with Crippen LogP contribution < -0.4 is 4.89 Å². The van der Waals surface area contributed by atoms with E-state index in [-0.39, 0.29) is 0 Å². The van der Waals surface area contributed by atoms with Gasteiger partial charge in [-0.1, -0.05) is 17.7 Å². The van der Waals surface area contributed by atoms with Crippen LogP contribution in [-0.2, 0) is 4.89 Å². The lowest BCUT2D eigenvalue weighted by molar-refractivity contribution is -0.178. The first-order valence-electron chi connectivity index (χ1n) is 3.21. The summed E-state index contributed by atoms with van der Waals surface area (Å²) in [4.78, 5) is 9.34. The maximum atomic E-state index is 5.72. The Bertz CT molecular complexity index is 248. The van der Waals surface area contributed by atoms with Gasteiger partial charge in [0.05, 0.1) is 7.11 Å². The van der Waals surface area contributed by atoms with E-state index in [2.05, 4.69) is 4.89 Å². The zero-order valence-corrected chi connectivity index (χ0v) is 7.18. The molecule has 0 N–H and O–H groups in total. The van der Waals surface area contributed by atoms with Crippen molar-refractivity contribution in [3.63, 3.8) is 0 Å². The molecule has 1 rings (SSSR count). The number of hydrogen-bond acceptors (Lipinski definition) is 2. The standard InChI is InChI=1S/C8H9ClO2/c1-6-3-4-7(9)5-8(6)11-10-2/h3-5H,1-2H3. The van der Waals surface area contributed by atoms with Crippen molar-refractivity contribution in [2.45, 2.75) is 6.92 Å². The van der Waals surface area contributed by atoms with Crippen LogP contribution >= 0.6 is 11.6 Å². The zero-order valence-electron chi connectivity index (χ0n) is 6.43. The van der Waals surface area contributed by atoms with Crippen molar-refractivity contribution < 1.29 is 9.78 Å². The Morgan fingerprint density at radius 3 is 2.73 bits per heavy atom. The van der Waals surface area contributed by atoms with Crippen molar-refractivity contribution in [1.82, 2.24) is 0 Å². The van der Waals surface area contributed by atoms with Crippen molar-refractivity contribution in [2.24, 2.45) is 0 Å². The third-order valence-electron chi connectivity index (χ3n) is 1.32. The average Bonchev–Trinajstić information content (AvgIpc) is 1.98. The average molecular weight is 173 g/mol. The lowest BCUT2D eigenvalue weighted by Gasteiger charge is -2.03. The number of halogens is 1. The van der Waals surface area contributed by atoms with Gasteiger partial charge >= 0.3 is 0 Å². The van der Waals surface area contributed by atoms with Gasteiger partial charge in [0.1, 0.15) is 0 Å². The highest BCUT2D eigenvalue weighted by Gasteiger charge is 1.99. The Morgan fingerprint density at radius 1 is 1.36 bits per heavy atom. The fourth-order valence-electron chi connectivity index (χ4n) is 0.753. The minimum Gasteiger partial charge on any atom is -0.338 e. The Labute approximate surface area is 70.6 Å². The van der Waals surface area contributed by atoms with Gasteiger partial charge < -0.3 is 4.89 Å². The Kier molecular flexibility index (Phi) is 2.74. The summed E-state index contributed by atoms with van der Waals surface area (Å²) in [5.74, 6) is 0.653. The SMILES string of the molecule is COOc1cc(Cl)ccc1C. The Balaban J connectivity index is 2.93. The zero-order chi connectivity index (χ0) is 8.27. The van der Waals surface area contributed by atoms with Gasteiger partial charge in [-0.15, -0.1) is 0 Å². The second-order valence-electron chi connectivity index (χ2n) is 2.16. The van der Waals surface area contributed by atoms with Crippen molar-refractivity contribution in [3.05, 3.63) is 28.8 Å². The largest absolute Gasteiger partial charge is 0.338 e. The van der Waals surface area contributed by atoms with E-state index < -0.39 is 0 Å². The molecule has 2 nitrogen and oxygen atoms in total. The molecular formula is C8H9ClO2. The van der Waals surface area contributed by atoms with E-state index in [1.165, 1.54) is 7.11 Å².